The second kappa shape index (κ2) is 8.19. The minimum atomic E-state index is -1.03. The Morgan fingerprint density at radius 3 is 2.32 bits per heavy atom. The molecule has 2 aromatic carbocycles. The van der Waals surface area contributed by atoms with E-state index in [1.54, 1.807) is 20.8 Å². The number of esters is 1. The third kappa shape index (κ3) is 5.09. The summed E-state index contributed by atoms with van der Waals surface area (Å²) < 4.78 is 11.3. The van der Waals surface area contributed by atoms with Crippen LogP contribution < -0.4 is 4.74 Å². The van der Waals surface area contributed by atoms with E-state index in [4.69, 9.17) is 9.47 Å². The summed E-state index contributed by atoms with van der Waals surface area (Å²) in [4.78, 5) is 12.2. The lowest BCUT2D eigenvalue weighted by atomic mass is 9.97. The van der Waals surface area contributed by atoms with Gasteiger partial charge in [-0.2, -0.15) is 0 Å². The van der Waals surface area contributed by atoms with E-state index in [1.165, 1.54) is 0 Å². The third-order valence-electron chi connectivity index (χ3n) is 3.93. The summed E-state index contributed by atoms with van der Waals surface area (Å²) in [5.74, 6) is 0.888. The average molecular weight is 340 g/mol. The maximum atomic E-state index is 12.2. The van der Waals surface area contributed by atoms with Crippen molar-refractivity contribution in [1.82, 2.24) is 0 Å². The minimum absolute atomic E-state index is 0.342. The first-order valence-electron chi connectivity index (χ1n) is 8.88. The number of benzene rings is 2. The fourth-order valence-corrected chi connectivity index (χ4v) is 2.69. The number of hydrogen-bond acceptors (Lipinski definition) is 3. The lowest BCUT2D eigenvalue weighted by Crippen LogP contribution is -2.40. The fraction of sp³-hybridized carbons (Fsp3) is 0.409. The molecular weight excluding hydrogens is 312 g/mol. The molecule has 0 N–H and O–H groups in total. The first-order chi connectivity index (χ1) is 11.8. The van der Waals surface area contributed by atoms with Crippen molar-refractivity contribution in [3.05, 3.63) is 54.1 Å². The first kappa shape index (κ1) is 19.0. The van der Waals surface area contributed by atoms with Crippen molar-refractivity contribution in [2.45, 2.75) is 46.6 Å². The smallest absolute Gasteiger partial charge is 0.349 e. The van der Waals surface area contributed by atoms with E-state index in [-0.39, 0.29) is 5.97 Å². The van der Waals surface area contributed by atoms with Crippen molar-refractivity contribution >= 4 is 5.97 Å². The number of ether oxygens (including phenoxy) is 2. The normalized spacial score (nSPS) is 11.4. The summed E-state index contributed by atoms with van der Waals surface area (Å²) in [5, 5.41) is 0. The van der Waals surface area contributed by atoms with Crippen LogP contribution in [0.1, 0.15) is 40.2 Å². The van der Waals surface area contributed by atoms with E-state index >= 15 is 0 Å². The molecule has 0 saturated heterocycles. The van der Waals surface area contributed by atoms with Gasteiger partial charge in [-0.3, -0.25) is 0 Å². The molecule has 3 nitrogen and oxygen atoms in total. The molecule has 0 saturated carbocycles. The topological polar surface area (TPSA) is 35.5 Å². The standard InChI is InChI=1S/C22H28O3/c1-6-24-21(23)22(4,5)25-20-15-18(17-10-8-7-9-11-17)12-13-19(20)14-16(2)3/h7-13,15-16H,6,14H2,1-5H3. The molecule has 0 aliphatic carbocycles. The highest BCUT2D eigenvalue weighted by atomic mass is 16.6. The number of carbonyl (C=O) groups is 1. The molecule has 2 rings (SSSR count). The second-order valence-corrected chi connectivity index (χ2v) is 7.12. The van der Waals surface area contributed by atoms with Crippen LogP contribution in [0.4, 0.5) is 0 Å². The first-order valence-corrected chi connectivity index (χ1v) is 8.88. The maximum Gasteiger partial charge on any atom is 0.349 e. The predicted octanol–water partition coefficient (Wildman–Crippen LogP) is 5.27. The van der Waals surface area contributed by atoms with Crippen LogP contribution in [-0.2, 0) is 16.0 Å². The van der Waals surface area contributed by atoms with Crippen LogP contribution in [0.3, 0.4) is 0 Å². The molecule has 0 aliphatic rings. The van der Waals surface area contributed by atoms with Gasteiger partial charge in [0.25, 0.3) is 0 Å². The summed E-state index contributed by atoms with van der Waals surface area (Å²) in [6, 6.07) is 16.4. The molecule has 25 heavy (non-hydrogen) atoms. The zero-order valence-corrected chi connectivity index (χ0v) is 15.8. The van der Waals surface area contributed by atoms with Gasteiger partial charge >= 0.3 is 5.97 Å². The predicted molar refractivity (Wildman–Crippen MR) is 102 cm³/mol. The van der Waals surface area contributed by atoms with E-state index in [1.807, 2.05) is 24.3 Å². The van der Waals surface area contributed by atoms with Crippen LogP contribution in [0.25, 0.3) is 11.1 Å². The van der Waals surface area contributed by atoms with Crippen molar-refractivity contribution in [3.8, 4) is 16.9 Å². The van der Waals surface area contributed by atoms with Gasteiger partial charge in [-0.1, -0.05) is 56.3 Å². The third-order valence-corrected chi connectivity index (χ3v) is 3.93. The molecule has 0 radical (unpaired) electrons. The largest absolute Gasteiger partial charge is 0.476 e. The van der Waals surface area contributed by atoms with Gasteiger partial charge in [0.05, 0.1) is 6.61 Å². The monoisotopic (exact) mass is 340 g/mol. The van der Waals surface area contributed by atoms with Gasteiger partial charge in [0.1, 0.15) is 5.75 Å². The number of carbonyl (C=O) groups excluding carboxylic acids is 1. The van der Waals surface area contributed by atoms with Crippen molar-refractivity contribution in [1.29, 1.82) is 0 Å². The molecule has 0 heterocycles. The quantitative estimate of drug-likeness (QED) is 0.644. The molecular formula is C22H28O3. The summed E-state index contributed by atoms with van der Waals surface area (Å²) in [6.45, 7) is 9.98. The van der Waals surface area contributed by atoms with Crippen LogP contribution in [0.15, 0.2) is 48.5 Å². The van der Waals surface area contributed by atoms with E-state index < -0.39 is 5.60 Å². The lowest BCUT2D eigenvalue weighted by Gasteiger charge is -2.26. The fourth-order valence-electron chi connectivity index (χ4n) is 2.69. The van der Waals surface area contributed by atoms with E-state index in [0.29, 0.717) is 12.5 Å². The molecule has 0 fully saturated rings. The van der Waals surface area contributed by atoms with Gasteiger partial charge in [0, 0.05) is 0 Å². The molecule has 134 valence electrons. The van der Waals surface area contributed by atoms with Crippen LogP contribution in [0, 0.1) is 5.92 Å². The molecule has 0 amide bonds. The number of rotatable bonds is 7. The number of hydrogen-bond donors (Lipinski definition) is 0. The Bertz CT molecular complexity index is 702. The molecule has 0 aromatic heterocycles. The van der Waals surface area contributed by atoms with Crippen molar-refractivity contribution < 1.29 is 14.3 Å². The second-order valence-electron chi connectivity index (χ2n) is 7.12. The Labute approximate surface area is 151 Å². The van der Waals surface area contributed by atoms with E-state index in [0.717, 1.165) is 28.9 Å². The molecule has 3 heteroatoms. The van der Waals surface area contributed by atoms with Gasteiger partial charge in [-0.25, -0.2) is 4.79 Å². The van der Waals surface area contributed by atoms with Gasteiger partial charge in [-0.15, -0.1) is 0 Å². The molecule has 0 aliphatic heterocycles. The Kier molecular flexibility index (Phi) is 6.24. The molecule has 0 bridgehead atoms. The van der Waals surface area contributed by atoms with E-state index in [9.17, 15) is 4.79 Å². The van der Waals surface area contributed by atoms with Crippen molar-refractivity contribution in [2.75, 3.05) is 6.61 Å². The summed E-state index contributed by atoms with van der Waals surface area (Å²) in [7, 11) is 0. The highest BCUT2D eigenvalue weighted by Crippen LogP contribution is 2.31. The SMILES string of the molecule is CCOC(=O)C(C)(C)Oc1cc(-c2ccccc2)ccc1CC(C)C. The van der Waals surface area contributed by atoms with Crippen LogP contribution in [0.2, 0.25) is 0 Å². The zero-order valence-electron chi connectivity index (χ0n) is 15.8. The summed E-state index contributed by atoms with van der Waals surface area (Å²) in [5.41, 5.74) is 2.27. The molecule has 2 aromatic rings. The van der Waals surface area contributed by atoms with Gasteiger partial charge in [-0.05, 0) is 55.9 Å². The zero-order chi connectivity index (χ0) is 18.4. The Balaban J connectivity index is 2.39. The Morgan fingerprint density at radius 2 is 1.72 bits per heavy atom. The summed E-state index contributed by atoms with van der Waals surface area (Å²) >= 11 is 0. The average Bonchev–Trinajstić information content (AvgIpc) is 2.57. The van der Waals surface area contributed by atoms with Gasteiger partial charge in [0.2, 0.25) is 0 Å². The Morgan fingerprint density at radius 1 is 1.04 bits per heavy atom. The summed E-state index contributed by atoms with van der Waals surface area (Å²) in [6.07, 6.45) is 0.892. The highest BCUT2D eigenvalue weighted by Gasteiger charge is 2.32. The van der Waals surface area contributed by atoms with Crippen molar-refractivity contribution in [3.63, 3.8) is 0 Å². The van der Waals surface area contributed by atoms with Gasteiger partial charge < -0.3 is 9.47 Å². The van der Waals surface area contributed by atoms with Crippen LogP contribution in [0.5, 0.6) is 5.75 Å². The molecule has 0 atom stereocenters. The van der Waals surface area contributed by atoms with E-state index in [2.05, 4.69) is 38.1 Å². The lowest BCUT2D eigenvalue weighted by molar-refractivity contribution is -0.158. The van der Waals surface area contributed by atoms with Crippen molar-refractivity contribution in [2.24, 2.45) is 5.92 Å². The van der Waals surface area contributed by atoms with Gasteiger partial charge in [0.15, 0.2) is 5.60 Å². The highest BCUT2D eigenvalue weighted by molar-refractivity contribution is 5.79. The molecule has 0 unspecified atom stereocenters. The molecule has 0 spiro atoms. The maximum absolute atomic E-state index is 12.2. The van der Waals surface area contributed by atoms with Crippen LogP contribution >= 0.6 is 0 Å². The minimum Gasteiger partial charge on any atom is -0.476 e. The van der Waals surface area contributed by atoms with Crippen LogP contribution in [-0.4, -0.2) is 18.2 Å². The Hall–Kier alpha value is -2.29.